The topological polar surface area (TPSA) is 9.23 Å². The van der Waals surface area contributed by atoms with Crippen LogP contribution in [-0.4, -0.2) is 6.61 Å². The summed E-state index contributed by atoms with van der Waals surface area (Å²) in [7, 11) is 0. The van der Waals surface area contributed by atoms with Crippen LogP contribution < -0.4 is 4.74 Å². The van der Waals surface area contributed by atoms with Crippen molar-refractivity contribution < 1.29 is 4.74 Å². The van der Waals surface area contributed by atoms with Gasteiger partial charge in [-0.3, -0.25) is 0 Å². The van der Waals surface area contributed by atoms with Crippen molar-refractivity contribution >= 4 is 0 Å². The monoisotopic (exact) mass is 498 g/mol. The molecule has 0 N–H and O–H groups in total. The van der Waals surface area contributed by atoms with Gasteiger partial charge in [0.2, 0.25) is 0 Å². The lowest BCUT2D eigenvalue weighted by Crippen LogP contribution is -2.27. The summed E-state index contributed by atoms with van der Waals surface area (Å²) in [5.41, 5.74) is 4.89. The molecule has 1 nitrogen and oxygen atoms in total. The molecule has 2 atom stereocenters. The number of rotatable bonds is 19. The fourth-order valence-corrected chi connectivity index (χ4v) is 5.73. The summed E-state index contributed by atoms with van der Waals surface area (Å²) >= 11 is 0. The highest BCUT2D eigenvalue weighted by Crippen LogP contribution is 2.46. The zero-order valence-electron chi connectivity index (χ0n) is 26.0. The third-order valence-corrected chi connectivity index (χ3v) is 8.52. The molecular weight excluding hydrogens is 436 g/mol. The van der Waals surface area contributed by atoms with Gasteiger partial charge >= 0.3 is 0 Å². The highest BCUT2D eigenvalue weighted by atomic mass is 16.5. The van der Waals surface area contributed by atoms with E-state index in [-0.39, 0.29) is 10.8 Å². The Kier molecular flexibility index (Phi) is 14.5. The van der Waals surface area contributed by atoms with Gasteiger partial charge in [0.15, 0.2) is 0 Å². The summed E-state index contributed by atoms with van der Waals surface area (Å²) in [4.78, 5) is 0. The molecule has 1 rings (SSSR count). The van der Waals surface area contributed by atoms with E-state index < -0.39 is 0 Å². The molecule has 0 aliphatic heterocycles. The first-order chi connectivity index (χ1) is 17.0. The Hall–Kier alpha value is -1.24. The minimum absolute atomic E-state index is 0.111. The molecule has 0 aliphatic rings. The SMILES string of the molecule is C=CCOc1c(CC(C)(CC)CCCCCC)cc(C(C)(C)C)cc1C(C)(CCC)CCCCCC. The van der Waals surface area contributed by atoms with Crippen LogP contribution in [0, 0.1) is 5.41 Å². The Balaban J connectivity index is 3.63. The third kappa shape index (κ3) is 10.3. The molecule has 0 saturated carbocycles. The molecule has 0 amide bonds. The third-order valence-electron chi connectivity index (χ3n) is 8.52. The maximum absolute atomic E-state index is 6.62. The highest BCUT2D eigenvalue weighted by Gasteiger charge is 2.34. The molecule has 0 saturated heterocycles. The number of ether oxygens (including phenoxy) is 1. The molecule has 0 aliphatic carbocycles. The number of unbranched alkanes of at least 4 members (excludes halogenated alkanes) is 6. The molecule has 1 aromatic carbocycles. The van der Waals surface area contributed by atoms with Crippen molar-refractivity contribution in [2.45, 2.75) is 163 Å². The van der Waals surface area contributed by atoms with Crippen molar-refractivity contribution in [2.24, 2.45) is 5.41 Å². The summed E-state index contributed by atoms with van der Waals surface area (Å²) in [5.74, 6) is 1.17. The molecule has 0 fully saturated rings. The van der Waals surface area contributed by atoms with Gasteiger partial charge in [0.1, 0.15) is 12.4 Å². The van der Waals surface area contributed by atoms with Gasteiger partial charge in [0, 0.05) is 5.56 Å². The molecule has 0 heterocycles. The van der Waals surface area contributed by atoms with Gasteiger partial charge in [-0.25, -0.2) is 0 Å². The highest BCUT2D eigenvalue weighted by molar-refractivity contribution is 5.50. The molecule has 0 bridgehead atoms. The van der Waals surface area contributed by atoms with E-state index in [9.17, 15) is 0 Å². The van der Waals surface area contributed by atoms with Crippen LogP contribution in [0.15, 0.2) is 24.8 Å². The Labute approximate surface area is 226 Å². The van der Waals surface area contributed by atoms with Gasteiger partial charge in [-0.2, -0.15) is 0 Å². The smallest absolute Gasteiger partial charge is 0.126 e. The Morgan fingerprint density at radius 2 is 1.36 bits per heavy atom. The molecule has 2 unspecified atom stereocenters. The largest absolute Gasteiger partial charge is 0.489 e. The van der Waals surface area contributed by atoms with Gasteiger partial charge < -0.3 is 4.74 Å². The van der Waals surface area contributed by atoms with Crippen LogP contribution in [-0.2, 0) is 17.3 Å². The average molecular weight is 499 g/mol. The maximum atomic E-state index is 6.62. The van der Waals surface area contributed by atoms with E-state index in [0.717, 1.165) is 6.42 Å². The number of hydrogen-bond donors (Lipinski definition) is 0. The van der Waals surface area contributed by atoms with E-state index >= 15 is 0 Å². The second-order valence-electron chi connectivity index (χ2n) is 13.1. The minimum Gasteiger partial charge on any atom is -0.489 e. The van der Waals surface area contributed by atoms with Crippen LogP contribution in [0.3, 0.4) is 0 Å². The summed E-state index contributed by atoms with van der Waals surface area (Å²) in [6.45, 7) is 26.0. The Morgan fingerprint density at radius 3 is 1.86 bits per heavy atom. The zero-order valence-corrected chi connectivity index (χ0v) is 26.0. The summed E-state index contributed by atoms with van der Waals surface area (Å²) < 4.78 is 6.62. The van der Waals surface area contributed by atoms with Crippen LogP contribution in [0.5, 0.6) is 5.75 Å². The number of benzene rings is 1. The lowest BCUT2D eigenvalue weighted by molar-refractivity contribution is 0.261. The number of hydrogen-bond acceptors (Lipinski definition) is 1. The maximum Gasteiger partial charge on any atom is 0.126 e. The van der Waals surface area contributed by atoms with Gasteiger partial charge in [0.25, 0.3) is 0 Å². The fraction of sp³-hybridized carbons (Fsp3) is 0.771. The Bertz CT molecular complexity index is 755. The van der Waals surface area contributed by atoms with Gasteiger partial charge in [0.05, 0.1) is 0 Å². The lowest BCUT2D eigenvalue weighted by atomic mass is 9.70. The van der Waals surface area contributed by atoms with E-state index in [0.29, 0.717) is 12.0 Å². The van der Waals surface area contributed by atoms with Crippen molar-refractivity contribution in [2.75, 3.05) is 6.61 Å². The standard InChI is InChI=1S/C35H62O/c1-11-16-18-20-23-34(9,15-5)28-29-26-30(33(6,7)8)27-31(32(29)36-25-14-4)35(10,22-13-3)24-21-19-17-12-2/h14,26-27H,4,11-13,15-25,28H2,1-3,5-10H3. The van der Waals surface area contributed by atoms with Crippen molar-refractivity contribution in [3.8, 4) is 5.75 Å². The first-order valence-electron chi connectivity index (χ1n) is 15.4. The van der Waals surface area contributed by atoms with Crippen LogP contribution >= 0.6 is 0 Å². The molecule has 36 heavy (non-hydrogen) atoms. The van der Waals surface area contributed by atoms with Crippen molar-refractivity contribution in [3.63, 3.8) is 0 Å². The summed E-state index contributed by atoms with van der Waals surface area (Å²) in [6.07, 6.45) is 19.7. The van der Waals surface area contributed by atoms with Crippen LogP contribution in [0.25, 0.3) is 0 Å². The van der Waals surface area contributed by atoms with Gasteiger partial charge in [-0.15, -0.1) is 0 Å². The summed E-state index contributed by atoms with van der Waals surface area (Å²) in [5, 5.41) is 0. The van der Waals surface area contributed by atoms with Crippen LogP contribution in [0.4, 0.5) is 0 Å². The van der Waals surface area contributed by atoms with Gasteiger partial charge in [-0.1, -0.05) is 151 Å². The zero-order chi connectivity index (χ0) is 27.2. The van der Waals surface area contributed by atoms with Crippen LogP contribution in [0.1, 0.15) is 162 Å². The normalized spacial score (nSPS) is 15.4. The van der Waals surface area contributed by atoms with Gasteiger partial charge in [-0.05, 0) is 53.1 Å². The minimum atomic E-state index is 0.111. The van der Waals surface area contributed by atoms with Crippen LogP contribution in [0.2, 0.25) is 0 Å². The van der Waals surface area contributed by atoms with Crippen molar-refractivity contribution in [1.82, 2.24) is 0 Å². The van der Waals surface area contributed by atoms with Crippen molar-refractivity contribution in [1.29, 1.82) is 0 Å². The predicted molar refractivity (Wildman–Crippen MR) is 163 cm³/mol. The molecular formula is C35H62O. The lowest BCUT2D eigenvalue weighted by Gasteiger charge is -2.36. The molecule has 0 aromatic heterocycles. The first kappa shape index (κ1) is 32.8. The average Bonchev–Trinajstić information content (AvgIpc) is 2.83. The van der Waals surface area contributed by atoms with E-state index in [1.165, 1.54) is 106 Å². The second-order valence-corrected chi connectivity index (χ2v) is 13.1. The van der Waals surface area contributed by atoms with E-state index in [2.05, 4.69) is 81.0 Å². The fourth-order valence-electron chi connectivity index (χ4n) is 5.73. The molecule has 208 valence electrons. The second kappa shape index (κ2) is 15.9. The molecule has 0 radical (unpaired) electrons. The van der Waals surface area contributed by atoms with Crippen molar-refractivity contribution in [3.05, 3.63) is 41.5 Å². The van der Waals surface area contributed by atoms with E-state index in [1.807, 2.05) is 6.08 Å². The molecule has 1 aromatic rings. The first-order valence-corrected chi connectivity index (χ1v) is 15.4. The van der Waals surface area contributed by atoms with E-state index in [4.69, 9.17) is 4.74 Å². The molecule has 0 spiro atoms. The predicted octanol–water partition coefficient (Wildman–Crippen LogP) is 11.5. The van der Waals surface area contributed by atoms with E-state index in [1.54, 1.807) is 0 Å². The Morgan fingerprint density at radius 1 is 0.750 bits per heavy atom. The summed E-state index contributed by atoms with van der Waals surface area (Å²) in [6, 6.07) is 5.01. The quantitative estimate of drug-likeness (QED) is 0.136. The molecule has 1 heteroatoms.